The lowest BCUT2D eigenvalue weighted by atomic mass is 10.0. The van der Waals surface area contributed by atoms with Crippen molar-refractivity contribution in [1.29, 1.82) is 0 Å². The average molecular weight is 383 g/mol. The van der Waals surface area contributed by atoms with Crippen LogP contribution in [0.3, 0.4) is 0 Å². The predicted octanol–water partition coefficient (Wildman–Crippen LogP) is 3.56. The van der Waals surface area contributed by atoms with Gasteiger partial charge in [0.25, 0.3) is 0 Å². The van der Waals surface area contributed by atoms with Crippen molar-refractivity contribution in [2.75, 3.05) is 34.0 Å². The molecule has 1 heterocycles. The Bertz CT molecular complexity index is 805. The number of carbonyl (C=O) groups is 1. The number of aryl methyl sites for hydroxylation is 1. The van der Waals surface area contributed by atoms with E-state index < -0.39 is 0 Å². The molecule has 0 aliphatic carbocycles. The highest BCUT2D eigenvalue weighted by atomic mass is 16.7. The minimum Gasteiger partial charge on any atom is -0.454 e. The molecule has 28 heavy (non-hydrogen) atoms. The fourth-order valence-corrected chi connectivity index (χ4v) is 3.27. The Morgan fingerprint density at radius 2 is 1.82 bits per heavy atom. The van der Waals surface area contributed by atoms with Gasteiger partial charge in [-0.1, -0.05) is 35.9 Å². The molecule has 2 amide bonds. The van der Waals surface area contributed by atoms with Crippen LogP contribution in [0, 0.1) is 6.92 Å². The van der Waals surface area contributed by atoms with Gasteiger partial charge < -0.3 is 24.6 Å². The minimum atomic E-state index is -0.0703. The lowest BCUT2D eigenvalue weighted by Gasteiger charge is -2.27. The Morgan fingerprint density at radius 3 is 2.50 bits per heavy atom. The molecule has 2 aromatic carbocycles. The van der Waals surface area contributed by atoms with Crippen molar-refractivity contribution < 1.29 is 14.3 Å². The zero-order valence-corrected chi connectivity index (χ0v) is 17.1. The first kappa shape index (κ1) is 20.0. The molecule has 0 saturated carbocycles. The van der Waals surface area contributed by atoms with Gasteiger partial charge in [0.2, 0.25) is 6.79 Å². The Kier molecular flexibility index (Phi) is 6.41. The molecule has 1 aliphatic heterocycles. The Morgan fingerprint density at radius 1 is 1.11 bits per heavy atom. The van der Waals surface area contributed by atoms with Crippen LogP contribution in [0.4, 0.5) is 4.79 Å². The summed E-state index contributed by atoms with van der Waals surface area (Å²) in [5.74, 6) is 1.49. The van der Waals surface area contributed by atoms with Crippen molar-refractivity contribution in [2.45, 2.75) is 26.4 Å². The van der Waals surface area contributed by atoms with E-state index >= 15 is 0 Å². The molecular formula is C22H29N3O3. The minimum absolute atomic E-state index is 0.0703. The third-order valence-electron chi connectivity index (χ3n) is 5.01. The molecule has 0 fully saturated rings. The highest BCUT2D eigenvalue weighted by Gasteiger charge is 2.19. The van der Waals surface area contributed by atoms with Crippen molar-refractivity contribution in [3.05, 3.63) is 59.2 Å². The zero-order valence-electron chi connectivity index (χ0n) is 17.1. The summed E-state index contributed by atoms with van der Waals surface area (Å²) in [6, 6.07) is 14.3. The molecule has 6 nitrogen and oxygen atoms in total. The summed E-state index contributed by atoms with van der Waals surface area (Å²) in [4.78, 5) is 16.7. The molecule has 2 aromatic rings. The number of fused-ring (bicyclic) bond motifs is 1. The number of rotatable bonds is 7. The maximum absolute atomic E-state index is 12.8. The van der Waals surface area contributed by atoms with E-state index in [1.807, 2.05) is 39.2 Å². The second-order valence-corrected chi connectivity index (χ2v) is 7.28. The third kappa shape index (κ3) is 4.75. The number of nitrogens with one attached hydrogen (secondary N) is 1. The first-order valence-corrected chi connectivity index (χ1v) is 9.62. The van der Waals surface area contributed by atoms with E-state index in [1.165, 1.54) is 11.1 Å². The van der Waals surface area contributed by atoms with E-state index in [9.17, 15) is 4.79 Å². The predicted molar refractivity (Wildman–Crippen MR) is 110 cm³/mol. The molecule has 1 atom stereocenters. The standard InChI is InChI=1S/C22H29N3O3/c1-5-25(14-17-8-11-20-21(12-17)28-15-27-20)22(26)23-13-19(24(3)4)18-9-6-16(2)7-10-18/h6-12,19H,5,13-15H2,1-4H3,(H,23,26). The second kappa shape index (κ2) is 8.97. The monoisotopic (exact) mass is 383 g/mol. The topological polar surface area (TPSA) is 54.0 Å². The van der Waals surface area contributed by atoms with Crippen molar-refractivity contribution in [3.63, 3.8) is 0 Å². The van der Waals surface area contributed by atoms with Gasteiger partial charge in [0, 0.05) is 19.6 Å². The number of benzene rings is 2. The molecule has 1 N–H and O–H groups in total. The number of likely N-dealkylation sites (N-methyl/N-ethyl adjacent to an activating group) is 1. The summed E-state index contributed by atoms with van der Waals surface area (Å²) in [7, 11) is 4.06. The number of carbonyl (C=O) groups excluding carboxylic acids is 1. The molecule has 1 unspecified atom stereocenters. The van der Waals surface area contributed by atoms with Gasteiger partial charge in [-0.25, -0.2) is 4.79 Å². The van der Waals surface area contributed by atoms with Gasteiger partial charge in [-0.3, -0.25) is 0 Å². The van der Waals surface area contributed by atoms with E-state index in [4.69, 9.17) is 9.47 Å². The van der Waals surface area contributed by atoms with Crippen molar-refractivity contribution in [3.8, 4) is 11.5 Å². The van der Waals surface area contributed by atoms with Crippen LogP contribution in [0.5, 0.6) is 11.5 Å². The Labute approximate surface area is 167 Å². The van der Waals surface area contributed by atoms with E-state index in [2.05, 4.69) is 41.4 Å². The van der Waals surface area contributed by atoms with Gasteiger partial charge in [0.1, 0.15) is 0 Å². The summed E-state index contributed by atoms with van der Waals surface area (Å²) < 4.78 is 10.8. The number of hydrogen-bond acceptors (Lipinski definition) is 4. The summed E-state index contributed by atoms with van der Waals surface area (Å²) >= 11 is 0. The molecule has 0 saturated heterocycles. The van der Waals surface area contributed by atoms with Gasteiger partial charge in [-0.2, -0.15) is 0 Å². The van der Waals surface area contributed by atoms with Crippen LogP contribution in [-0.4, -0.2) is 49.8 Å². The molecule has 0 aromatic heterocycles. The number of urea groups is 1. The summed E-state index contributed by atoms with van der Waals surface area (Å²) in [6.07, 6.45) is 0. The Balaban J connectivity index is 1.61. The lowest BCUT2D eigenvalue weighted by molar-refractivity contribution is 0.173. The van der Waals surface area contributed by atoms with Crippen LogP contribution in [0.1, 0.15) is 29.7 Å². The second-order valence-electron chi connectivity index (χ2n) is 7.28. The van der Waals surface area contributed by atoms with Crippen LogP contribution in [0.25, 0.3) is 0 Å². The first-order chi connectivity index (χ1) is 13.5. The Hall–Kier alpha value is -2.73. The summed E-state index contributed by atoms with van der Waals surface area (Å²) in [6.45, 7) is 6.00. The first-order valence-electron chi connectivity index (χ1n) is 9.62. The van der Waals surface area contributed by atoms with Crippen molar-refractivity contribution in [1.82, 2.24) is 15.1 Å². The molecule has 0 spiro atoms. The normalized spacial score (nSPS) is 13.5. The smallest absolute Gasteiger partial charge is 0.317 e. The molecular weight excluding hydrogens is 354 g/mol. The molecule has 3 rings (SSSR count). The maximum atomic E-state index is 12.8. The van der Waals surface area contributed by atoms with Gasteiger partial charge in [-0.15, -0.1) is 0 Å². The highest BCUT2D eigenvalue weighted by Crippen LogP contribution is 2.32. The van der Waals surface area contributed by atoms with Gasteiger partial charge >= 0.3 is 6.03 Å². The number of ether oxygens (including phenoxy) is 2. The van der Waals surface area contributed by atoms with Crippen LogP contribution in [0.2, 0.25) is 0 Å². The van der Waals surface area contributed by atoms with Crippen molar-refractivity contribution >= 4 is 6.03 Å². The van der Waals surface area contributed by atoms with E-state index in [-0.39, 0.29) is 18.9 Å². The van der Waals surface area contributed by atoms with E-state index in [0.717, 1.165) is 17.1 Å². The molecule has 1 aliphatic rings. The van der Waals surface area contributed by atoms with Gasteiger partial charge in [-0.05, 0) is 51.2 Å². The lowest BCUT2D eigenvalue weighted by Crippen LogP contribution is -2.42. The van der Waals surface area contributed by atoms with Crippen molar-refractivity contribution in [2.24, 2.45) is 0 Å². The van der Waals surface area contributed by atoms with Crippen LogP contribution in [-0.2, 0) is 6.54 Å². The maximum Gasteiger partial charge on any atom is 0.317 e. The van der Waals surface area contributed by atoms with Crippen LogP contribution in [0.15, 0.2) is 42.5 Å². The molecule has 6 heteroatoms. The van der Waals surface area contributed by atoms with E-state index in [1.54, 1.807) is 4.90 Å². The number of amides is 2. The molecule has 150 valence electrons. The highest BCUT2D eigenvalue weighted by molar-refractivity contribution is 5.74. The SMILES string of the molecule is CCN(Cc1ccc2c(c1)OCO2)C(=O)NCC(c1ccc(C)cc1)N(C)C. The van der Waals surface area contributed by atoms with Gasteiger partial charge in [0.15, 0.2) is 11.5 Å². The number of nitrogens with zero attached hydrogens (tertiary/aromatic N) is 2. The fraction of sp³-hybridized carbons (Fsp3) is 0.409. The van der Waals surface area contributed by atoms with Crippen LogP contribution >= 0.6 is 0 Å². The molecule has 0 radical (unpaired) electrons. The summed E-state index contributed by atoms with van der Waals surface area (Å²) in [5.41, 5.74) is 3.44. The van der Waals surface area contributed by atoms with Gasteiger partial charge in [0.05, 0.1) is 6.04 Å². The fourth-order valence-electron chi connectivity index (χ4n) is 3.27. The average Bonchev–Trinajstić information content (AvgIpc) is 3.15. The summed E-state index contributed by atoms with van der Waals surface area (Å²) in [5, 5.41) is 3.09. The third-order valence-corrected chi connectivity index (χ3v) is 5.01. The van der Waals surface area contributed by atoms with Crippen LogP contribution < -0.4 is 14.8 Å². The largest absolute Gasteiger partial charge is 0.454 e. The van der Waals surface area contributed by atoms with E-state index in [0.29, 0.717) is 19.6 Å². The quantitative estimate of drug-likeness (QED) is 0.794. The molecule has 0 bridgehead atoms. The zero-order chi connectivity index (χ0) is 20.1. The number of hydrogen-bond donors (Lipinski definition) is 1.